The lowest BCUT2D eigenvalue weighted by atomic mass is 10.1. The molecule has 2 aromatic rings. The molecule has 116 valence electrons. The van der Waals surface area contributed by atoms with Crippen LogP contribution in [0.4, 0.5) is 22.0 Å². The first-order valence-corrected chi connectivity index (χ1v) is 5.93. The Morgan fingerprint density at radius 3 is 2.41 bits per heavy atom. The Morgan fingerprint density at radius 2 is 1.82 bits per heavy atom. The third kappa shape index (κ3) is 3.38. The Morgan fingerprint density at radius 1 is 1.14 bits per heavy atom. The summed E-state index contributed by atoms with van der Waals surface area (Å²) in [6.07, 6.45) is -5.44. The van der Waals surface area contributed by atoms with Crippen LogP contribution in [0.15, 0.2) is 30.3 Å². The molecule has 0 bridgehead atoms. The number of aromatic nitrogens is 1. The van der Waals surface area contributed by atoms with Crippen LogP contribution in [-0.4, -0.2) is 16.1 Å². The van der Waals surface area contributed by atoms with Gasteiger partial charge in [-0.1, -0.05) is 12.1 Å². The van der Waals surface area contributed by atoms with E-state index >= 15 is 0 Å². The van der Waals surface area contributed by atoms with E-state index < -0.39 is 47.2 Å². The number of carboxylic acids is 1. The number of halogens is 5. The molecule has 3 nitrogen and oxygen atoms in total. The second kappa shape index (κ2) is 5.70. The Kier molecular flexibility index (Phi) is 4.11. The highest BCUT2D eigenvalue weighted by atomic mass is 19.4. The van der Waals surface area contributed by atoms with Crippen molar-refractivity contribution in [2.24, 2.45) is 0 Å². The largest absolute Gasteiger partial charge is 0.481 e. The molecule has 0 aliphatic rings. The van der Waals surface area contributed by atoms with Crippen LogP contribution >= 0.6 is 0 Å². The van der Waals surface area contributed by atoms with Gasteiger partial charge in [0, 0.05) is 11.6 Å². The van der Waals surface area contributed by atoms with E-state index in [1.54, 1.807) is 0 Å². The fourth-order valence-electron chi connectivity index (χ4n) is 1.82. The van der Waals surface area contributed by atoms with E-state index in [9.17, 15) is 26.7 Å². The van der Waals surface area contributed by atoms with E-state index in [0.717, 1.165) is 12.1 Å². The molecular formula is C14H8F5NO2. The number of pyridine rings is 1. The average molecular weight is 317 g/mol. The van der Waals surface area contributed by atoms with E-state index in [-0.39, 0.29) is 5.56 Å². The van der Waals surface area contributed by atoms with Gasteiger partial charge >= 0.3 is 12.1 Å². The van der Waals surface area contributed by atoms with Gasteiger partial charge in [-0.05, 0) is 12.1 Å². The number of hydrogen-bond donors (Lipinski definition) is 1. The van der Waals surface area contributed by atoms with E-state index in [2.05, 4.69) is 4.98 Å². The SMILES string of the molecule is O=C(O)Cc1nc(-c2cccc(C(F)(F)F)c2)c(F)cc1F. The molecule has 0 saturated carbocycles. The van der Waals surface area contributed by atoms with Gasteiger partial charge in [0.2, 0.25) is 0 Å². The quantitative estimate of drug-likeness (QED) is 0.879. The summed E-state index contributed by atoms with van der Waals surface area (Å²) in [5, 5.41) is 8.62. The number of aliphatic carboxylic acids is 1. The van der Waals surface area contributed by atoms with Crippen molar-refractivity contribution >= 4 is 5.97 Å². The van der Waals surface area contributed by atoms with Gasteiger partial charge in [-0.2, -0.15) is 13.2 Å². The van der Waals surface area contributed by atoms with Crippen LogP contribution in [-0.2, 0) is 17.4 Å². The molecule has 0 saturated heterocycles. The molecule has 8 heteroatoms. The number of carbonyl (C=O) groups is 1. The van der Waals surface area contributed by atoms with E-state index in [4.69, 9.17) is 5.11 Å². The van der Waals surface area contributed by atoms with Crippen LogP contribution in [0, 0.1) is 11.6 Å². The Hall–Kier alpha value is -2.51. The van der Waals surface area contributed by atoms with E-state index in [1.165, 1.54) is 6.07 Å². The van der Waals surface area contributed by atoms with Crippen molar-refractivity contribution in [3.8, 4) is 11.3 Å². The molecule has 0 atom stereocenters. The zero-order valence-corrected chi connectivity index (χ0v) is 10.8. The molecule has 1 N–H and O–H groups in total. The molecule has 0 unspecified atom stereocenters. The molecule has 0 fully saturated rings. The first kappa shape index (κ1) is 15.9. The van der Waals surface area contributed by atoms with Crippen LogP contribution < -0.4 is 0 Å². The summed E-state index contributed by atoms with van der Waals surface area (Å²) in [5.41, 5.74) is -2.33. The van der Waals surface area contributed by atoms with Crippen LogP contribution in [0.2, 0.25) is 0 Å². The molecule has 2 rings (SSSR count). The van der Waals surface area contributed by atoms with Crippen molar-refractivity contribution < 1.29 is 31.9 Å². The number of nitrogens with zero attached hydrogens (tertiary/aromatic N) is 1. The van der Waals surface area contributed by atoms with Crippen molar-refractivity contribution in [1.29, 1.82) is 0 Å². The van der Waals surface area contributed by atoms with Gasteiger partial charge < -0.3 is 5.11 Å². The van der Waals surface area contributed by atoms with Crippen LogP contribution in [0.25, 0.3) is 11.3 Å². The Labute approximate surface area is 121 Å². The minimum Gasteiger partial charge on any atom is -0.481 e. The zero-order chi connectivity index (χ0) is 16.5. The number of carboxylic acid groups (broad SMARTS) is 1. The molecule has 1 aromatic heterocycles. The molecule has 0 spiro atoms. The van der Waals surface area contributed by atoms with Crippen LogP contribution in [0.1, 0.15) is 11.3 Å². The fourth-order valence-corrected chi connectivity index (χ4v) is 1.82. The van der Waals surface area contributed by atoms with Gasteiger partial charge in [0.15, 0.2) is 5.82 Å². The minimum absolute atomic E-state index is 0.223. The third-order valence-electron chi connectivity index (χ3n) is 2.78. The molecule has 1 heterocycles. The number of benzene rings is 1. The zero-order valence-electron chi connectivity index (χ0n) is 10.8. The maximum absolute atomic E-state index is 13.8. The molecule has 0 aliphatic carbocycles. The van der Waals surface area contributed by atoms with Gasteiger partial charge in [0.1, 0.15) is 11.5 Å². The predicted molar refractivity (Wildman–Crippen MR) is 65.9 cm³/mol. The number of alkyl halides is 3. The highest BCUT2D eigenvalue weighted by molar-refractivity contribution is 5.70. The first-order chi connectivity index (χ1) is 10.2. The Balaban J connectivity index is 2.55. The summed E-state index contributed by atoms with van der Waals surface area (Å²) in [5.74, 6) is -3.74. The second-order valence-electron chi connectivity index (χ2n) is 4.40. The maximum Gasteiger partial charge on any atom is 0.416 e. The van der Waals surface area contributed by atoms with Crippen LogP contribution in [0.5, 0.6) is 0 Å². The average Bonchev–Trinajstić information content (AvgIpc) is 2.40. The molecule has 1 aromatic carbocycles. The fraction of sp³-hybridized carbons (Fsp3) is 0.143. The smallest absolute Gasteiger partial charge is 0.416 e. The molecule has 22 heavy (non-hydrogen) atoms. The monoisotopic (exact) mass is 317 g/mol. The van der Waals surface area contributed by atoms with Crippen LogP contribution in [0.3, 0.4) is 0 Å². The van der Waals surface area contributed by atoms with E-state index in [1.807, 2.05) is 0 Å². The normalized spacial score (nSPS) is 11.5. The summed E-state index contributed by atoms with van der Waals surface area (Å²) < 4.78 is 65.1. The minimum atomic E-state index is -4.63. The molecule has 0 amide bonds. The van der Waals surface area contributed by atoms with Gasteiger partial charge in [-0.25, -0.2) is 13.8 Å². The summed E-state index contributed by atoms with van der Waals surface area (Å²) >= 11 is 0. The summed E-state index contributed by atoms with van der Waals surface area (Å²) in [4.78, 5) is 14.1. The first-order valence-electron chi connectivity index (χ1n) is 5.93. The van der Waals surface area contributed by atoms with Gasteiger partial charge in [0.05, 0.1) is 17.7 Å². The van der Waals surface area contributed by atoms with Gasteiger partial charge in [-0.3, -0.25) is 4.79 Å². The van der Waals surface area contributed by atoms with Crippen molar-refractivity contribution in [3.05, 3.63) is 53.2 Å². The topological polar surface area (TPSA) is 50.2 Å². The van der Waals surface area contributed by atoms with Crippen molar-refractivity contribution in [3.63, 3.8) is 0 Å². The third-order valence-corrected chi connectivity index (χ3v) is 2.78. The lowest BCUT2D eigenvalue weighted by molar-refractivity contribution is -0.138. The lowest BCUT2D eigenvalue weighted by Gasteiger charge is -2.10. The summed E-state index contributed by atoms with van der Waals surface area (Å²) in [6.45, 7) is 0. The highest BCUT2D eigenvalue weighted by Gasteiger charge is 2.30. The van der Waals surface area contributed by atoms with E-state index in [0.29, 0.717) is 12.1 Å². The second-order valence-corrected chi connectivity index (χ2v) is 4.40. The molecule has 0 radical (unpaired) electrons. The highest BCUT2D eigenvalue weighted by Crippen LogP contribution is 2.32. The number of rotatable bonds is 3. The van der Waals surface area contributed by atoms with Crippen molar-refractivity contribution in [2.45, 2.75) is 12.6 Å². The van der Waals surface area contributed by atoms with Gasteiger partial charge in [-0.15, -0.1) is 0 Å². The van der Waals surface area contributed by atoms with Crippen molar-refractivity contribution in [2.75, 3.05) is 0 Å². The predicted octanol–water partition coefficient (Wildman–Crippen LogP) is 3.67. The molecular weight excluding hydrogens is 309 g/mol. The summed E-state index contributed by atoms with van der Waals surface area (Å²) in [6, 6.07) is 4.08. The summed E-state index contributed by atoms with van der Waals surface area (Å²) in [7, 11) is 0. The molecule has 0 aliphatic heterocycles. The Bertz CT molecular complexity index is 728. The lowest BCUT2D eigenvalue weighted by Crippen LogP contribution is -2.08. The number of hydrogen-bond acceptors (Lipinski definition) is 2. The maximum atomic E-state index is 13.8. The van der Waals surface area contributed by atoms with Crippen molar-refractivity contribution in [1.82, 2.24) is 4.98 Å². The van der Waals surface area contributed by atoms with Gasteiger partial charge in [0.25, 0.3) is 0 Å². The standard InChI is InChI=1S/C14H8F5NO2/c15-9-5-10(16)13(20-11(9)6-12(21)22)7-2-1-3-8(4-7)14(17,18)19/h1-5H,6H2,(H,21,22).